The molecule has 2 rings (SSSR count). The molecule has 14 heavy (non-hydrogen) atoms. The van der Waals surface area contributed by atoms with Crippen LogP contribution >= 0.6 is 0 Å². The highest BCUT2D eigenvalue weighted by Crippen LogP contribution is 2.38. The largest absolute Gasteiger partial charge is 0.335 e. The fraction of sp³-hybridized carbons (Fsp3) is 0.909. The first kappa shape index (κ1) is 9.97. The molecule has 3 nitrogen and oxygen atoms in total. The van der Waals surface area contributed by atoms with Gasteiger partial charge in [-0.25, -0.2) is 0 Å². The quantitative estimate of drug-likeness (QED) is 0.723. The summed E-state index contributed by atoms with van der Waals surface area (Å²) in [6.45, 7) is 4.29. The Balaban J connectivity index is 2.10. The molecular weight excluding hydrogens is 176 g/mol. The highest BCUT2D eigenvalue weighted by Gasteiger charge is 2.51. The van der Waals surface area contributed by atoms with Crippen LogP contribution in [0.25, 0.3) is 0 Å². The average Bonchev–Trinajstić information content (AvgIpc) is 2.79. The highest BCUT2D eigenvalue weighted by atomic mass is 16.2. The minimum Gasteiger partial charge on any atom is -0.335 e. The molecule has 2 aliphatic rings. The van der Waals surface area contributed by atoms with Gasteiger partial charge in [-0.3, -0.25) is 4.79 Å². The maximum atomic E-state index is 12.1. The number of nitrogens with two attached hydrogens (primary N) is 1. The number of amides is 1. The predicted molar refractivity (Wildman–Crippen MR) is 55.8 cm³/mol. The number of carbonyl (C=O) groups excluding carboxylic acids is 1. The zero-order chi connectivity index (χ0) is 10.3. The minimum atomic E-state index is -0.480. The third-order valence-electron chi connectivity index (χ3n) is 3.71. The van der Waals surface area contributed by atoms with Crippen molar-refractivity contribution >= 4 is 5.91 Å². The van der Waals surface area contributed by atoms with Gasteiger partial charge >= 0.3 is 0 Å². The molecule has 2 N–H and O–H groups in total. The Hall–Kier alpha value is -0.570. The molecule has 1 heterocycles. The van der Waals surface area contributed by atoms with Crippen LogP contribution in [0.2, 0.25) is 0 Å². The molecule has 3 heteroatoms. The van der Waals surface area contributed by atoms with E-state index >= 15 is 0 Å². The van der Waals surface area contributed by atoms with Gasteiger partial charge in [-0.1, -0.05) is 6.92 Å². The van der Waals surface area contributed by atoms with E-state index in [0.29, 0.717) is 12.1 Å². The summed E-state index contributed by atoms with van der Waals surface area (Å²) in [6.07, 6.45) is 5.11. The van der Waals surface area contributed by atoms with E-state index < -0.39 is 5.54 Å². The van der Waals surface area contributed by atoms with Gasteiger partial charge in [0.1, 0.15) is 0 Å². The van der Waals surface area contributed by atoms with Crippen molar-refractivity contribution in [1.29, 1.82) is 0 Å². The molecule has 1 aliphatic carbocycles. The van der Waals surface area contributed by atoms with E-state index in [1.54, 1.807) is 0 Å². The second-order valence-electron chi connectivity index (χ2n) is 4.86. The summed E-state index contributed by atoms with van der Waals surface area (Å²) < 4.78 is 0. The lowest BCUT2D eigenvalue weighted by Crippen LogP contribution is -2.50. The molecule has 2 atom stereocenters. The molecule has 0 spiro atoms. The van der Waals surface area contributed by atoms with Crippen LogP contribution in [0.3, 0.4) is 0 Å². The van der Waals surface area contributed by atoms with Gasteiger partial charge in [-0.05, 0) is 39.0 Å². The van der Waals surface area contributed by atoms with Gasteiger partial charge in [-0.15, -0.1) is 0 Å². The zero-order valence-corrected chi connectivity index (χ0v) is 9.12. The van der Waals surface area contributed by atoms with E-state index in [-0.39, 0.29) is 5.91 Å². The molecule has 0 aromatic rings. The van der Waals surface area contributed by atoms with Crippen molar-refractivity contribution in [2.24, 2.45) is 5.73 Å². The van der Waals surface area contributed by atoms with Crippen LogP contribution < -0.4 is 5.73 Å². The normalized spacial score (nSPS) is 34.6. The van der Waals surface area contributed by atoms with E-state index in [2.05, 4.69) is 13.8 Å². The molecule has 0 bridgehead atoms. The molecule has 1 saturated carbocycles. The van der Waals surface area contributed by atoms with Crippen LogP contribution in [0.15, 0.2) is 0 Å². The Kier molecular flexibility index (Phi) is 2.30. The average molecular weight is 196 g/mol. The van der Waals surface area contributed by atoms with Crippen molar-refractivity contribution in [1.82, 2.24) is 4.90 Å². The van der Waals surface area contributed by atoms with Gasteiger partial charge in [0.2, 0.25) is 5.91 Å². The number of rotatable bonds is 2. The van der Waals surface area contributed by atoms with Crippen LogP contribution in [0.4, 0.5) is 0 Å². The number of nitrogens with zero attached hydrogens (tertiary/aromatic N) is 1. The van der Waals surface area contributed by atoms with Gasteiger partial charge in [-0.2, -0.15) is 0 Å². The molecule has 80 valence electrons. The number of hydrogen-bond donors (Lipinski definition) is 1. The van der Waals surface area contributed by atoms with E-state index in [9.17, 15) is 4.79 Å². The third-order valence-corrected chi connectivity index (χ3v) is 3.71. The summed E-state index contributed by atoms with van der Waals surface area (Å²) in [7, 11) is 0. The van der Waals surface area contributed by atoms with Crippen molar-refractivity contribution in [3.8, 4) is 0 Å². The molecule has 1 aliphatic heterocycles. The van der Waals surface area contributed by atoms with Crippen LogP contribution in [0, 0.1) is 0 Å². The topological polar surface area (TPSA) is 46.3 Å². The van der Waals surface area contributed by atoms with E-state index in [0.717, 1.165) is 32.1 Å². The predicted octanol–water partition coefficient (Wildman–Crippen LogP) is 1.27. The molecule has 0 aromatic carbocycles. The Bertz CT molecular complexity index is 248. The van der Waals surface area contributed by atoms with Crippen molar-refractivity contribution in [2.45, 2.75) is 63.6 Å². The molecule has 1 saturated heterocycles. The molecule has 2 fully saturated rings. The van der Waals surface area contributed by atoms with Crippen molar-refractivity contribution in [3.63, 3.8) is 0 Å². The van der Waals surface area contributed by atoms with Crippen molar-refractivity contribution in [3.05, 3.63) is 0 Å². The summed E-state index contributed by atoms with van der Waals surface area (Å²) >= 11 is 0. The van der Waals surface area contributed by atoms with E-state index in [1.807, 2.05) is 4.90 Å². The van der Waals surface area contributed by atoms with Crippen LogP contribution in [-0.2, 0) is 4.79 Å². The molecule has 0 aromatic heterocycles. The maximum absolute atomic E-state index is 12.1. The minimum absolute atomic E-state index is 0.203. The van der Waals surface area contributed by atoms with Crippen molar-refractivity contribution in [2.75, 3.05) is 0 Å². The van der Waals surface area contributed by atoms with Crippen LogP contribution in [-0.4, -0.2) is 28.4 Å². The Morgan fingerprint density at radius 1 is 1.50 bits per heavy atom. The summed E-state index contributed by atoms with van der Waals surface area (Å²) in [6, 6.07) is 0.840. The second kappa shape index (κ2) is 3.23. The van der Waals surface area contributed by atoms with Crippen LogP contribution in [0.5, 0.6) is 0 Å². The summed E-state index contributed by atoms with van der Waals surface area (Å²) in [5, 5.41) is 0. The standard InChI is InChI=1S/C11H20N2O/c1-3-9-5-4-8(2)13(9)10(14)11(12)6-7-11/h8-9H,3-7,12H2,1-2H3. The maximum Gasteiger partial charge on any atom is 0.243 e. The molecular formula is C11H20N2O. The first-order valence-electron chi connectivity index (χ1n) is 5.70. The number of carbonyl (C=O) groups is 1. The Morgan fingerprint density at radius 3 is 2.64 bits per heavy atom. The lowest BCUT2D eigenvalue weighted by atomic mass is 10.1. The van der Waals surface area contributed by atoms with Crippen molar-refractivity contribution < 1.29 is 4.79 Å². The van der Waals surface area contributed by atoms with Gasteiger partial charge in [0.25, 0.3) is 0 Å². The van der Waals surface area contributed by atoms with Gasteiger partial charge in [0.15, 0.2) is 0 Å². The Morgan fingerprint density at radius 2 is 2.14 bits per heavy atom. The fourth-order valence-corrected chi connectivity index (χ4v) is 2.44. The van der Waals surface area contributed by atoms with Gasteiger partial charge in [0, 0.05) is 12.1 Å². The number of hydrogen-bond acceptors (Lipinski definition) is 2. The highest BCUT2D eigenvalue weighted by molar-refractivity contribution is 5.89. The first-order valence-corrected chi connectivity index (χ1v) is 5.70. The van der Waals surface area contributed by atoms with E-state index in [1.165, 1.54) is 0 Å². The Labute approximate surface area is 85.6 Å². The smallest absolute Gasteiger partial charge is 0.243 e. The summed E-state index contributed by atoms with van der Waals surface area (Å²) in [4.78, 5) is 14.2. The fourth-order valence-electron chi connectivity index (χ4n) is 2.44. The molecule has 0 radical (unpaired) electrons. The number of likely N-dealkylation sites (tertiary alicyclic amines) is 1. The lowest BCUT2D eigenvalue weighted by Gasteiger charge is -2.30. The monoisotopic (exact) mass is 196 g/mol. The summed E-state index contributed by atoms with van der Waals surface area (Å²) in [5.41, 5.74) is 5.48. The molecule has 2 unspecified atom stereocenters. The van der Waals surface area contributed by atoms with Gasteiger partial charge < -0.3 is 10.6 Å². The zero-order valence-electron chi connectivity index (χ0n) is 9.12. The lowest BCUT2D eigenvalue weighted by molar-refractivity contribution is -0.136. The molecule has 1 amide bonds. The first-order chi connectivity index (χ1) is 6.58. The third kappa shape index (κ3) is 1.44. The van der Waals surface area contributed by atoms with E-state index in [4.69, 9.17) is 5.73 Å². The SMILES string of the molecule is CCC1CCC(C)N1C(=O)C1(N)CC1. The second-order valence-corrected chi connectivity index (χ2v) is 4.86. The van der Waals surface area contributed by atoms with Gasteiger partial charge in [0.05, 0.1) is 5.54 Å². The summed E-state index contributed by atoms with van der Waals surface area (Å²) in [5.74, 6) is 0.203. The van der Waals surface area contributed by atoms with Crippen LogP contribution in [0.1, 0.15) is 46.0 Å².